The van der Waals surface area contributed by atoms with Gasteiger partial charge in [0.25, 0.3) is 11.6 Å². The van der Waals surface area contributed by atoms with Gasteiger partial charge in [-0.05, 0) is 29.8 Å². The Morgan fingerprint density at radius 3 is 2.47 bits per heavy atom. The molecule has 11 nitrogen and oxygen atoms in total. The van der Waals surface area contributed by atoms with Gasteiger partial charge in [0.05, 0.1) is 22.5 Å². The number of hydrogen-bond acceptors (Lipinski definition) is 8. The van der Waals surface area contributed by atoms with Crippen molar-refractivity contribution < 1.29 is 19.7 Å². The monoisotopic (exact) mass is 411 g/mol. The number of rotatable bonds is 9. The lowest BCUT2D eigenvalue weighted by molar-refractivity contribution is -0.393. The fourth-order valence-electron chi connectivity index (χ4n) is 2.17. The number of carbonyl (C=O) groups excluding carboxylic acids is 1. The minimum Gasteiger partial charge on any atom is -0.392 e. The molecule has 0 radical (unpaired) electrons. The molecule has 0 bridgehead atoms. The number of nitro benzene ring substituents is 2. The molecular weight excluding hydrogens is 394 g/mol. The van der Waals surface area contributed by atoms with Crippen LogP contribution in [-0.4, -0.2) is 33.7 Å². The summed E-state index contributed by atoms with van der Waals surface area (Å²) in [7, 11) is 0. The van der Waals surface area contributed by atoms with Gasteiger partial charge >= 0.3 is 5.69 Å². The van der Waals surface area contributed by atoms with E-state index in [0.29, 0.717) is 11.1 Å². The normalized spacial score (nSPS) is 11.6. The molecule has 0 unspecified atom stereocenters. The Balaban J connectivity index is 2.01. The number of hydrazine groups is 1. The molecule has 154 valence electrons. The molecule has 0 heterocycles. The van der Waals surface area contributed by atoms with Gasteiger partial charge < -0.3 is 10.5 Å². The van der Waals surface area contributed by atoms with Gasteiger partial charge in [0, 0.05) is 24.0 Å². The molecule has 0 atom stereocenters. The summed E-state index contributed by atoms with van der Waals surface area (Å²) in [6.07, 6.45) is 5.47. The summed E-state index contributed by atoms with van der Waals surface area (Å²) in [4.78, 5) is 36.1. The van der Waals surface area contributed by atoms with E-state index in [2.05, 4.69) is 15.8 Å². The van der Waals surface area contributed by atoms with Crippen molar-refractivity contribution in [2.45, 2.75) is 0 Å². The number of aliphatic hydroxyl groups excluding tert-OH is 1. The molecule has 2 rings (SSSR count). The molecule has 0 aliphatic rings. The number of carbonyl (C=O) groups is 1. The molecule has 11 heteroatoms. The summed E-state index contributed by atoms with van der Waals surface area (Å²) >= 11 is 0. The fourth-order valence-corrected chi connectivity index (χ4v) is 2.17. The summed E-state index contributed by atoms with van der Waals surface area (Å²) in [5.74, 6) is -0.361. The first kappa shape index (κ1) is 21.9. The Kier molecular flexibility index (Phi) is 7.91. The Hall–Kier alpha value is -4.38. The molecule has 2 aromatic carbocycles. The van der Waals surface area contributed by atoms with E-state index in [0.717, 1.165) is 12.1 Å². The van der Waals surface area contributed by atoms with Gasteiger partial charge in [0.2, 0.25) is 0 Å². The molecule has 30 heavy (non-hydrogen) atoms. The second-order valence-corrected chi connectivity index (χ2v) is 5.67. The standard InChI is InChI=1S/C19H17N5O6/c25-13-14(12-21-22-19(26)15-6-2-1-3-7-15)5-4-10-20-17-9-8-16(23(27)28)11-18(17)24(29)30/h1-12,21,25H,13H2,(H,22,26)/b5-4-,14-12-,20-10?. The average Bonchev–Trinajstić information content (AvgIpc) is 2.75. The number of non-ortho nitro benzene ring substituents is 1. The lowest BCUT2D eigenvalue weighted by Crippen LogP contribution is -2.33. The Labute approximate surface area is 170 Å². The van der Waals surface area contributed by atoms with Crippen LogP contribution in [0.4, 0.5) is 17.1 Å². The van der Waals surface area contributed by atoms with E-state index in [1.165, 1.54) is 30.6 Å². The number of aliphatic hydroxyl groups is 1. The summed E-state index contributed by atoms with van der Waals surface area (Å²) in [5, 5.41) is 31.2. The summed E-state index contributed by atoms with van der Waals surface area (Å²) in [5.41, 5.74) is 4.87. The van der Waals surface area contributed by atoms with Crippen LogP contribution in [0.15, 0.2) is 77.4 Å². The molecule has 0 aromatic heterocycles. The number of allylic oxidation sites excluding steroid dienone is 1. The lowest BCUT2D eigenvalue weighted by Gasteiger charge is -2.05. The summed E-state index contributed by atoms with van der Waals surface area (Å²) in [6, 6.07) is 11.6. The third kappa shape index (κ3) is 6.35. The SMILES string of the molecule is O=C(NN/C=C(/C=C\C=Nc1ccc([N+](=O)[O-])cc1[N+](=O)[O-])CO)c1ccccc1. The Morgan fingerprint density at radius 1 is 1.10 bits per heavy atom. The number of hydrogen-bond donors (Lipinski definition) is 3. The number of benzene rings is 2. The van der Waals surface area contributed by atoms with E-state index in [4.69, 9.17) is 0 Å². The predicted molar refractivity (Wildman–Crippen MR) is 109 cm³/mol. The van der Waals surface area contributed by atoms with Gasteiger partial charge in [0.1, 0.15) is 5.69 Å². The highest BCUT2D eigenvalue weighted by molar-refractivity contribution is 5.93. The smallest absolute Gasteiger partial charge is 0.301 e. The molecule has 0 aliphatic heterocycles. The van der Waals surface area contributed by atoms with Gasteiger partial charge in [-0.2, -0.15) is 0 Å². The summed E-state index contributed by atoms with van der Waals surface area (Å²) < 4.78 is 0. The maximum Gasteiger partial charge on any atom is 0.301 e. The van der Waals surface area contributed by atoms with Crippen LogP contribution in [0.5, 0.6) is 0 Å². The second-order valence-electron chi connectivity index (χ2n) is 5.67. The number of nitro groups is 2. The predicted octanol–water partition coefficient (Wildman–Crippen LogP) is 2.57. The van der Waals surface area contributed by atoms with E-state index in [9.17, 15) is 30.1 Å². The van der Waals surface area contributed by atoms with Gasteiger partial charge in [-0.3, -0.25) is 30.4 Å². The number of nitrogens with one attached hydrogen (secondary N) is 2. The van der Waals surface area contributed by atoms with Crippen LogP contribution in [-0.2, 0) is 0 Å². The largest absolute Gasteiger partial charge is 0.392 e. The average molecular weight is 411 g/mol. The van der Waals surface area contributed by atoms with Crippen molar-refractivity contribution in [1.29, 1.82) is 0 Å². The Bertz CT molecular complexity index is 1020. The quantitative estimate of drug-likeness (QED) is 0.247. The van der Waals surface area contributed by atoms with Crippen LogP contribution in [0.2, 0.25) is 0 Å². The zero-order valence-electron chi connectivity index (χ0n) is 15.5. The van der Waals surface area contributed by atoms with Crippen molar-refractivity contribution >= 4 is 29.2 Å². The van der Waals surface area contributed by atoms with Crippen molar-refractivity contribution in [3.8, 4) is 0 Å². The number of aliphatic imine (C=N–C) groups is 1. The van der Waals surface area contributed by atoms with Gasteiger partial charge in [-0.15, -0.1) is 0 Å². The van der Waals surface area contributed by atoms with E-state index in [-0.39, 0.29) is 18.2 Å². The second kappa shape index (κ2) is 10.8. The highest BCUT2D eigenvalue weighted by atomic mass is 16.6. The molecule has 0 saturated heterocycles. The number of nitrogens with zero attached hydrogens (tertiary/aromatic N) is 3. The third-order valence-electron chi connectivity index (χ3n) is 3.64. The first-order chi connectivity index (χ1) is 14.4. The van der Waals surface area contributed by atoms with Crippen LogP contribution in [0.3, 0.4) is 0 Å². The van der Waals surface area contributed by atoms with Crippen molar-refractivity contribution in [2.75, 3.05) is 6.61 Å². The zero-order valence-corrected chi connectivity index (χ0v) is 15.5. The van der Waals surface area contributed by atoms with Crippen LogP contribution < -0.4 is 10.9 Å². The van der Waals surface area contributed by atoms with E-state index in [1.54, 1.807) is 30.3 Å². The highest BCUT2D eigenvalue weighted by Gasteiger charge is 2.18. The van der Waals surface area contributed by atoms with Gasteiger partial charge in [0.15, 0.2) is 0 Å². The lowest BCUT2D eigenvalue weighted by atomic mass is 10.2. The van der Waals surface area contributed by atoms with Crippen LogP contribution in [0.25, 0.3) is 0 Å². The molecule has 1 amide bonds. The third-order valence-corrected chi connectivity index (χ3v) is 3.64. The van der Waals surface area contributed by atoms with Crippen molar-refractivity contribution in [1.82, 2.24) is 10.9 Å². The van der Waals surface area contributed by atoms with Gasteiger partial charge in [-0.1, -0.05) is 24.3 Å². The first-order valence-corrected chi connectivity index (χ1v) is 8.46. The molecule has 0 spiro atoms. The molecule has 0 fully saturated rings. The fraction of sp³-hybridized carbons (Fsp3) is 0.0526. The minimum absolute atomic E-state index is 0.0574. The van der Waals surface area contributed by atoms with Crippen LogP contribution in [0.1, 0.15) is 10.4 Å². The Morgan fingerprint density at radius 2 is 1.83 bits per heavy atom. The van der Waals surface area contributed by atoms with Crippen LogP contribution >= 0.6 is 0 Å². The first-order valence-electron chi connectivity index (χ1n) is 8.46. The number of amides is 1. The van der Waals surface area contributed by atoms with Crippen molar-refractivity contribution in [2.24, 2.45) is 4.99 Å². The molecule has 2 aromatic rings. The van der Waals surface area contributed by atoms with Crippen molar-refractivity contribution in [3.63, 3.8) is 0 Å². The van der Waals surface area contributed by atoms with E-state index in [1.807, 2.05) is 0 Å². The summed E-state index contributed by atoms with van der Waals surface area (Å²) in [6.45, 7) is -0.351. The van der Waals surface area contributed by atoms with Gasteiger partial charge in [-0.25, -0.2) is 4.99 Å². The molecule has 0 aliphatic carbocycles. The van der Waals surface area contributed by atoms with Crippen molar-refractivity contribution in [3.05, 3.63) is 98.2 Å². The minimum atomic E-state index is -0.762. The zero-order chi connectivity index (χ0) is 21.9. The van der Waals surface area contributed by atoms with E-state index < -0.39 is 21.2 Å². The maximum absolute atomic E-state index is 11.9. The van der Waals surface area contributed by atoms with Crippen LogP contribution in [0, 0.1) is 20.2 Å². The topological polar surface area (TPSA) is 160 Å². The maximum atomic E-state index is 11.9. The van der Waals surface area contributed by atoms with E-state index >= 15 is 0 Å². The molecule has 3 N–H and O–H groups in total. The molecular formula is C19H17N5O6. The highest BCUT2D eigenvalue weighted by Crippen LogP contribution is 2.30. The molecule has 0 saturated carbocycles.